The molecular formula is C12H14N2O. The molecule has 3 heteroatoms. The number of benzene rings is 1. The van der Waals surface area contributed by atoms with Crippen molar-refractivity contribution in [3.8, 4) is 0 Å². The van der Waals surface area contributed by atoms with Crippen LogP contribution in [-0.4, -0.2) is 18.2 Å². The first-order valence-electron chi connectivity index (χ1n) is 5.46. The van der Waals surface area contributed by atoms with E-state index in [4.69, 9.17) is 4.52 Å². The molecule has 1 atom stereocenters. The number of hydrogen-bond acceptors (Lipinski definition) is 3. The number of nitrogens with zero attached hydrogens (tertiary/aromatic N) is 1. The molecule has 1 aliphatic rings. The molecule has 15 heavy (non-hydrogen) atoms. The summed E-state index contributed by atoms with van der Waals surface area (Å²) in [6, 6.07) is 6.34. The second-order valence-corrected chi connectivity index (χ2v) is 4.26. The van der Waals surface area contributed by atoms with Gasteiger partial charge in [-0.15, -0.1) is 0 Å². The van der Waals surface area contributed by atoms with E-state index in [1.165, 1.54) is 18.5 Å². The molecule has 1 aromatic heterocycles. The molecule has 1 fully saturated rings. The summed E-state index contributed by atoms with van der Waals surface area (Å²) in [4.78, 5) is 0. The molecule has 0 aliphatic carbocycles. The predicted octanol–water partition coefficient (Wildman–Crippen LogP) is 1.98. The molecule has 0 saturated carbocycles. The van der Waals surface area contributed by atoms with Crippen LogP contribution >= 0.6 is 0 Å². The predicted molar refractivity (Wildman–Crippen MR) is 58.7 cm³/mol. The Balaban J connectivity index is 1.84. The minimum absolute atomic E-state index is 0.794. The van der Waals surface area contributed by atoms with Crippen molar-refractivity contribution in [1.29, 1.82) is 0 Å². The highest BCUT2D eigenvalue weighted by atomic mass is 16.5. The van der Waals surface area contributed by atoms with Crippen molar-refractivity contribution in [3.05, 3.63) is 30.0 Å². The summed E-state index contributed by atoms with van der Waals surface area (Å²) in [7, 11) is 0. The van der Waals surface area contributed by atoms with Crippen LogP contribution in [-0.2, 0) is 6.42 Å². The molecule has 2 aromatic rings. The van der Waals surface area contributed by atoms with E-state index in [0.29, 0.717) is 0 Å². The van der Waals surface area contributed by atoms with Gasteiger partial charge in [0.2, 0.25) is 0 Å². The molecule has 0 bridgehead atoms. The van der Waals surface area contributed by atoms with E-state index in [-0.39, 0.29) is 0 Å². The summed E-state index contributed by atoms with van der Waals surface area (Å²) in [5.74, 6) is 0.794. The lowest BCUT2D eigenvalue weighted by atomic mass is 9.98. The maximum atomic E-state index is 5.08. The Bertz CT molecular complexity index is 457. The molecule has 1 saturated heterocycles. The van der Waals surface area contributed by atoms with Crippen molar-refractivity contribution in [3.63, 3.8) is 0 Å². The van der Waals surface area contributed by atoms with E-state index in [9.17, 15) is 0 Å². The van der Waals surface area contributed by atoms with Crippen LogP contribution in [0.15, 0.2) is 28.9 Å². The van der Waals surface area contributed by atoms with Gasteiger partial charge in [0.1, 0.15) is 0 Å². The number of rotatable bonds is 2. The van der Waals surface area contributed by atoms with Gasteiger partial charge in [0, 0.05) is 5.39 Å². The maximum Gasteiger partial charge on any atom is 0.166 e. The van der Waals surface area contributed by atoms with E-state index >= 15 is 0 Å². The Hall–Kier alpha value is -1.35. The van der Waals surface area contributed by atoms with Gasteiger partial charge >= 0.3 is 0 Å². The third kappa shape index (κ3) is 1.75. The number of hydrogen-bond donors (Lipinski definition) is 1. The van der Waals surface area contributed by atoms with Crippen molar-refractivity contribution in [2.45, 2.75) is 12.8 Å². The Kier molecular flexibility index (Phi) is 2.18. The zero-order valence-electron chi connectivity index (χ0n) is 8.57. The molecule has 3 nitrogen and oxygen atoms in total. The normalized spacial score (nSPS) is 21.2. The Labute approximate surface area is 88.4 Å². The Morgan fingerprint density at radius 3 is 3.33 bits per heavy atom. The van der Waals surface area contributed by atoms with Crippen LogP contribution in [0, 0.1) is 5.92 Å². The van der Waals surface area contributed by atoms with E-state index < -0.39 is 0 Å². The number of nitrogens with one attached hydrogen (secondary N) is 1. The summed E-state index contributed by atoms with van der Waals surface area (Å²) < 4.78 is 5.08. The topological polar surface area (TPSA) is 38.1 Å². The highest BCUT2D eigenvalue weighted by Gasteiger charge is 2.14. The Morgan fingerprint density at radius 1 is 1.47 bits per heavy atom. The molecule has 78 valence electrons. The van der Waals surface area contributed by atoms with Gasteiger partial charge in [-0.05, 0) is 49.5 Å². The third-order valence-electron chi connectivity index (χ3n) is 3.10. The highest BCUT2D eigenvalue weighted by Crippen LogP contribution is 2.19. The third-order valence-corrected chi connectivity index (χ3v) is 3.10. The van der Waals surface area contributed by atoms with Crippen molar-refractivity contribution in [2.24, 2.45) is 5.92 Å². The van der Waals surface area contributed by atoms with E-state index in [0.717, 1.165) is 29.9 Å². The van der Waals surface area contributed by atoms with E-state index in [1.807, 2.05) is 6.07 Å². The smallest absolute Gasteiger partial charge is 0.166 e. The molecule has 0 amide bonds. The zero-order chi connectivity index (χ0) is 10.1. The largest absolute Gasteiger partial charge is 0.356 e. The van der Waals surface area contributed by atoms with Crippen LogP contribution in [0.2, 0.25) is 0 Å². The van der Waals surface area contributed by atoms with Crippen LogP contribution in [0.5, 0.6) is 0 Å². The molecule has 3 rings (SSSR count). The second kappa shape index (κ2) is 3.66. The quantitative estimate of drug-likeness (QED) is 0.809. The second-order valence-electron chi connectivity index (χ2n) is 4.26. The average molecular weight is 202 g/mol. The van der Waals surface area contributed by atoms with Gasteiger partial charge in [0.15, 0.2) is 5.58 Å². The zero-order valence-corrected chi connectivity index (χ0v) is 8.57. The SMILES string of the molecule is c1cc2oncc2cc1CC1CCNC1. The van der Waals surface area contributed by atoms with E-state index in [1.54, 1.807) is 6.20 Å². The van der Waals surface area contributed by atoms with Gasteiger partial charge in [-0.1, -0.05) is 11.2 Å². The standard InChI is InChI=1S/C12H14N2O/c1-2-12-11(8-14-15-12)6-9(1)5-10-3-4-13-7-10/h1-2,6,8,10,13H,3-5,7H2. The van der Waals surface area contributed by atoms with Crippen LogP contribution in [0.25, 0.3) is 11.0 Å². The Morgan fingerprint density at radius 2 is 2.47 bits per heavy atom. The fraction of sp³-hybridized carbons (Fsp3) is 0.417. The van der Waals surface area contributed by atoms with Gasteiger partial charge < -0.3 is 9.84 Å². The van der Waals surface area contributed by atoms with Crippen molar-refractivity contribution in [1.82, 2.24) is 10.5 Å². The van der Waals surface area contributed by atoms with Gasteiger partial charge in [0.25, 0.3) is 0 Å². The molecule has 0 radical (unpaired) electrons. The molecule has 0 spiro atoms. The van der Waals surface area contributed by atoms with E-state index in [2.05, 4.69) is 22.6 Å². The lowest BCUT2D eigenvalue weighted by Crippen LogP contribution is -2.10. The minimum Gasteiger partial charge on any atom is -0.356 e. The maximum absolute atomic E-state index is 5.08. The van der Waals surface area contributed by atoms with Crippen molar-refractivity contribution >= 4 is 11.0 Å². The minimum atomic E-state index is 0.794. The summed E-state index contributed by atoms with van der Waals surface area (Å²) in [5, 5.41) is 8.29. The lowest BCUT2D eigenvalue weighted by Gasteiger charge is -2.07. The van der Waals surface area contributed by atoms with Crippen molar-refractivity contribution in [2.75, 3.05) is 13.1 Å². The van der Waals surface area contributed by atoms with Crippen LogP contribution in [0.1, 0.15) is 12.0 Å². The molecule has 2 heterocycles. The fourth-order valence-electron chi connectivity index (χ4n) is 2.27. The first-order chi connectivity index (χ1) is 7.42. The van der Waals surface area contributed by atoms with Crippen LogP contribution in [0.3, 0.4) is 0 Å². The van der Waals surface area contributed by atoms with Gasteiger partial charge in [-0.3, -0.25) is 0 Å². The molecule has 1 N–H and O–H groups in total. The summed E-state index contributed by atoms with van der Waals surface area (Å²) in [6.45, 7) is 2.32. The number of aromatic nitrogens is 1. The molecule has 1 unspecified atom stereocenters. The average Bonchev–Trinajstić information content (AvgIpc) is 2.87. The van der Waals surface area contributed by atoms with Gasteiger partial charge in [-0.25, -0.2) is 0 Å². The summed E-state index contributed by atoms with van der Waals surface area (Å²) in [6.07, 6.45) is 4.24. The van der Waals surface area contributed by atoms with Crippen LogP contribution in [0.4, 0.5) is 0 Å². The fourth-order valence-corrected chi connectivity index (χ4v) is 2.27. The van der Waals surface area contributed by atoms with Gasteiger partial charge in [-0.2, -0.15) is 0 Å². The summed E-state index contributed by atoms with van der Waals surface area (Å²) in [5.41, 5.74) is 2.27. The van der Waals surface area contributed by atoms with Gasteiger partial charge in [0.05, 0.1) is 6.20 Å². The first-order valence-corrected chi connectivity index (χ1v) is 5.46. The molecule has 1 aromatic carbocycles. The lowest BCUT2D eigenvalue weighted by molar-refractivity contribution is 0.456. The first kappa shape index (κ1) is 8.92. The monoisotopic (exact) mass is 202 g/mol. The number of fused-ring (bicyclic) bond motifs is 1. The summed E-state index contributed by atoms with van der Waals surface area (Å²) >= 11 is 0. The van der Waals surface area contributed by atoms with Crippen molar-refractivity contribution < 1.29 is 4.52 Å². The highest BCUT2D eigenvalue weighted by molar-refractivity contribution is 5.76. The van der Waals surface area contributed by atoms with Crippen LogP contribution < -0.4 is 5.32 Å². The molecule has 1 aliphatic heterocycles. The molecular weight excluding hydrogens is 188 g/mol.